The van der Waals surface area contributed by atoms with Gasteiger partial charge in [0.05, 0.1) is 18.6 Å². The Morgan fingerprint density at radius 2 is 2.41 bits per heavy atom. The normalized spacial score (nSPS) is 10.9. The molecule has 1 N–H and O–H groups in total. The number of hydrogen-bond donors (Lipinski definition) is 1. The van der Waals surface area contributed by atoms with Crippen LogP contribution < -0.4 is 5.32 Å². The van der Waals surface area contributed by atoms with Crippen molar-refractivity contribution in [2.24, 2.45) is 0 Å². The van der Waals surface area contributed by atoms with Crippen molar-refractivity contribution < 1.29 is 9.15 Å². The van der Waals surface area contributed by atoms with E-state index in [0.717, 1.165) is 29.4 Å². The summed E-state index contributed by atoms with van der Waals surface area (Å²) in [6.45, 7) is 4.43. The van der Waals surface area contributed by atoms with E-state index in [1.54, 1.807) is 31.0 Å². The molecule has 2 aromatic heterocycles. The highest BCUT2D eigenvalue weighted by Gasteiger charge is 2.12. The topological polar surface area (TPSA) is 47.3 Å². The lowest BCUT2D eigenvalue weighted by Gasteiger charge is -2.00. The zero-order valence-corrected chi connectivity index (χ0v) is 10.8. The van der Waals surface area contributed by atoms with Gasteiger partial charge in [-0.3, -0.25) is 0 Å². The van der Waals surface area contributed by atoms with Crippen LogP contribution in [0, 0.1) is 0 Å². The molecule has 0 aliphatic rings. The molecular weight excluding hydrogens is 236 g/mol. The van der Waals surface area contributed by atoms with Crippen LogP contribution in [0.5, 0.6) is 0 Å². The summed E-state index contributed by atoms with van der Waals surface area (Å²) in [7, 11) is 1.69. The average Bonchev–Trinajstić information content (AvgIpc) is 2.95. The molecule has 0 aliphatic heterocycles. The zero-order valence-electron chi connectivity index (χ0n) is 10.0. The quantitative estimate of drug-likeness (QED) is 0.858. The van der Waals surface area contributed by atoms with E-state index >= 15 is 0 Å². The van der Waals surface area contributed by atoms with Gasteiger partial charge in [0.15, 0.2) is 0 Å². The van der Waals surface area contributed by atoms with E-state index in [-0.39, 0.29) is 0 Å². The summed E-state index contributed by atoms with van der Waals surface area (Å²) in [5, 5.41) is 4.30. The average molecular weight is 252 g/mol. The SMILES string of the molecule is CCNCc1sc(-c2ccoc2)nc1COC. The van der Waals surface area contributed by atoms with Crippen LogP contribution in [0.4, 0.5) is 0 Å². The lowest BCUT2D eigenvalue weighted by molar-refractivity contribution is 0.181. The summed E-state index contributed by atoms with van der Waals surface area (Å²) in [4.78, 5) is 5.82. The van der Waals surface area contributed by atoms with Crippen LogP contribution in [0.1, 0.15) is 17.5 Å². The van der Waals surface area contributed by atoms with E-state index in [1.165, 1.54) is 4.88 Å². The molecule has 17 heavy (non-hydrogen) atoms. The van der Waals surface area contributed by atoms with Crippen LogP contribution in [-0.4, -0.2) is 18.6 Å². The number of rotatable bonds is 6. The van der Waals surface area contributed by atoms with E-state index < -0.39 is 0 Å². The first-order chi connectivity index (χ1) is 8.35. The molecule has 0 fully saturated rings. The Morgan fingerprint density at radius 1 is 1.53 bits per heavy atom. The van der Waals surface area contributed by atoms with Gasteiger partial charge in [-0.1, -0.05) is 6.92 Å². The molecule has 2 heterocycles. The summed E-state index contributed by atoms with van der Waals surface area (Å²) in [6.07, 6.45) is 3.38. The Hall–Kier alpha value is -1.17. The van der Waals surface area contributed by atoms with Crippen LogP contribution in [0.2, 0.25) is 0 Å². The molecule has 0 spiro atoms. The molecular formula is C12H16N2O2S. The predicted molar refractivity (Wildman–Crippen MR) is 67.9 cm³/mol. The summed E-state index contributed by atoms with van der Waals surface area (Å²) in [5.74, 6) is 0. The third-order valence-electron chi connectivity index (χ3n) is 2.36. The number of nitrogens with one attached hydrogen (secondary N) is 1. The third kappa shape index (κ3) is 2.94. The van der Waals surface area contributed by atoms with E-state index in [1.807, 2.05) is 6.07 Å². The number of methoxy groups -OCH3 is 1. The summed E-state index contributed by atoms with van der Waals surface area (Å²) < 4.78 is 10.3. The second-order valence-corrected chi connectivity index (χ2v) is 4.70. The number of ether oxygens (including phenoxy) is 1. The van der Waals surface area contributed by atoms with Crippen LogP contribution in [0.15, 0.2) is 23.0 Å². The Bertz CT molecular complexity index is 451. The van der Waals surface area contributed by atoms with Gasteiger partial charge >= 0.3 is 0 Å². The number of nitrogens with zero attached hydrogens (tertiary/aromatic N) is 1. The molecule has 0 amide bonds. The van der Waals surface area contributed by atoms with Crippen molar-refractivity contribution >= 4 is 11.3 Å². The minimum Gasteiger partial charge on any atom is -0.472 e. The molecule has 92 valence electrons. The number of aromatic nitrogens is 1. The number of furan rings is 1. The van der Waals surface area contributed by atoms with Gasteiger partial charge in [-0.25, -0.2) is 4.98 Å². The van der Waals surface area contributed by atoms with Gasteiger partial charge in [-0.05, 0) is 12.6 Å². The van der Waals surface area contributed by atoms with Crippen LogP contribution in [0.3, 0.4) is 0 Å². The fraction of sp³-hybridized carbons (Fsp3) is 0.417. The van der Waals surface area contributed by atoms with Crippen LogP contribution >= 0.6 is 11.3 Å². The van der Waals surface area contributed by atoms with Gasteiger partial charge in [0, 0.05) is 24.1 Å². The largest absolute Gasteiger partial charge is 0.472 e. The molecule has 0 atom stereocenters. The molecule has 4 nitrogen and oxygen atoms in total. The van der Waals surface area contributed by atoms with Gasteiger partial charge in [0.2, 0.25) is 0 Å². The second kappa shape index (κ2) is 5.95. The lowest BCUT2D eigenvalue weighted by Crippen LogP contribution is -2.12. The molecule has 0 radical (unpaired) electrons. The maximum atomic E-state index is 5.17. The first-order valence-corrected chi connectivity index (χ1v) is 6.37. The first kappa shape index (κ1) is 12.3. The van der Waals surface area contributed by atoms with Crippen molar-refractivity contribution in [2.75, 3.05) is 13.7 Å². The third-order valence-corrected chi connectivity index (χ3v) is 3.51. The fourth-order valence-electron chi connectivity index (χ4n) is 1.52. The summed E-state index contributed by atoms with van der Waals surface area (Å²) in [5.41, 5.74) is 2.03. The lowest BCUT2D eigenvalue weighted by atomic mass is 10.3. The van der Waals surface area contributed by atoms with Crippen LogP contribution in [-0.2, 0) is 17.9 Å². The Morgan fingerprint density at radius 3 is 3.06 bits per heavy atom. The Kier molecular flexibility index (Phi) is 4.30. The molecule has 0 saturated carbocycles. The minimum absolute atomic E-state index is 0.551. The van der Waals surface area contributed by atoms with Crippen molar-refractivity contribution in [3.8, 4) is 10.6 Å². The van der Waals surface area contributed by atoms with Gasteiger partial charge in [0.1, 0.15) is 11.3 Å². The molecule has 2 aromatic rings. The monoisotopic (exact) mass is 252 g/mol. The minimum atomic E-state index is 0.551. The smallest absolute Gasteiger partial charge is 0.127 e. The molecule has 0 bridgehead atoms. The van der Waals surface area contributed by atoms with Gasteiger partial charge in [-0.2, -0.15) is 0 Å². The van der Waals surface area contributed by atoms with E-state index in [2.05, 4.69) is 17.2 Å². The molecule has 0 aliphatic carbocycles. The second-order valence-electron chi connectivity index (χ2n) is 3.61. The van der Waals surface area contributed by atoms with E-state index in [9.17, 15) is 0 Å². The highest BCUT2D eigenvalue weighted by Crippen LogP contribution is 2.28. The van der Waals surface area contributed by atoms with Crippen molar-refractivity contribution in [3.05, 3.63) is 29.2 Å². The van der Waals surface area contributed by atoms with Gasteiger partial charge < -0.3 is 14.5 Å². The predicted octanol–water partition coefficient (Wildman–Crippen LogP) is 2.66. The van der Waals surface area contributed by atoms with Gasteiger partial charge in [-0.15, -0.1) is 11.3 Å². The fourth-order valence-corrected chi connectivity index (χ4v) is 2.54. The van der Waals surface area contributed by atoms with E-state index in [0.29, 0.717) is 6.61 Å². The highest BCUT2D eigenvalue weighted by atomic mass is 32.1. The van der Waals surface area contributed by atoms with Crippen molar-refractivity contribution in [2.45, 2.75) is 20.1 Å². The molecule has 0 saturated heterocycles. The zero-order chi connectivity index (χ0) is 12.1. The maximum Gasteiger partial charge on any atom is 0.127 e. The Labute approximate surface area is 105 Å². The van der Waals surface area contributed by atoms with Gasteiger partial charge in [0.25, 0.3) is 0 Å². The van der Waals surface area contributed by atoms with Crippen molar-refractivity contribution in [3.63, 3.8) is 0 Å². The summed E-state index contributed by atoms with van der Waals surface area (Å²) in [6, 6.07) is 1.92. The van der Waals surface area contributed by atoms with Crippen LogP contribution in [0.25, 0.3) is 10.6 Å². The maximum absolute atomic E-state index is 5.17. The highest BCUT2D eigenvalue weighted by molar-refractivity contribution is 7.15. The van der Waals surface area contributed by atoms with Crippen molar-refractivity contribution in [1.29, 1.82) is 0 Å². The molecule has 5 heteroatoms. The number of hydrogen-bond acceptors (Lipinski definition) is 5. The standard InChI is InChI=1S/C12H16N2O2S/c1-3-13-6-11-10(8-15-2)14-12(17-11)9-4-5-16-7-9/h4-5,7,13H,3,6,8H2,1-2H3. The Balaban J connectivity index is 2.24. The molecule has 0 aromatic carbocycles. The summed E-state index contributed by atoms with van der Waals surface area (Å²) >= 11 is 1.68. The van der Waals surface area contributed by atoms with E-state index in [4.69, 9.17) is 9.15 Å². The molecule has 0 unspecified atom stereocenters. The van der Waals surface area contributed by atoms with Crippen molar-refractivity contribution in [1.82, 2.24) is 10.3 Å². The molecule has 2 rings (SSSR count). The first-order valence-electron chi connectivity index (χ1n) is 5.56. The number of thiazole rings is 1.